The summed E-state index contributed by atoms with van der Waals surface area (Å²) in [6.07, 6.45) is 3.80. The van der Waals surface area contributed by atoms with Crippen LogP contribution in [0.15, 0.2) is 23.3 Å². The van der Waals surface area contributed by atoms with Gasteiger partial charge in [-0.05, 0) is 79.6 Å². The van der Waals surface area contributed by atoms with Crippen LogP contribution >= 0.6 is 0 Å². The number of Topliss-reactive ketones (excluding diaryl/α,β-unsaturated/α-hetero) is 1. The molecule has 5 nitrogen and oxygen atoms in total. The fourth-order valence-electron chi connectivity index (χ4n) is 9.16. The van der Waals surface area contributed by atoms with Crippen molar-refractivity contribution >= 4 is 17.5 Å². The minimum atomic E-state index is -4.50. The van der Waals surface area contributed by atoms with Gasteiger partial charge in [0.2, 0.25) is 5.91 Å². The molecule has 0 spiro atoms. The zero-order valence-corrected chi connectivity index (χ0v) is 22.6. The van der Waals surface area contributed by atoms with E-state index in [-0.39, 0.29) is 45.7 Å². The fraction of sp³-hybridized carbons (Fsp3) is 0.733. The Bertz CT molecular complexity index is 1190. The van der Waals surface area contributed by atoms with Gasteiger partial charge in [-0.2, -0.15) is 18.4 Å². The molecule has 0 saturated heterocycles. The first-order valence-corrected chi connectivity index (χ1v) is 13.8. The van der Waals surface area contributed by atoms with Gasteiger partial charge >= 0.3 is 6.18 Å². The fourth-order valence-corrected chi connectivity index (χ4v) is 9.16. The second-order valence-electron chi connectivity index (χ2n) is 13.8. The Morgan fingerprint density at radius 2 is 1.79 bits per heavy atom. The second-order valence-corrected chi connectivity index (χ2v) is 13.8. The zero-order chi connectivity index (χ0) is 27.9. The van der Waals surface area contributed by atoms with Crippen LogP contribution in [-0.2, 0) is 14.4 Å². The number of allylic oxidation sites excluding steroid dienone is 4. The number of carbonyl (C=O) groups excluding carboxylic acids is 3. The van der Waals surface area contributed by atoms with Crippen molar-refractivity contribution in [1.82, 2.24) is 5.32 Å². The van der Waals surface area contributed by atoms with Crippen molar-refractivity contribution in [3.05, 3.63) is 23.3 Å². The minimum absolute atomic E-state index is 0.0280. The molecule has 0 aromatic heterocycles. The van der Waals surface area contributed by atoms with Gasteiger partial charge in [-0.25, -0.2) is 0 Å². The number of nitrogens with zero attached hydrogens (tertiary/aromatic N) is 1. The van der Waals surface area contributed by atoms with Crippen LogP contribution in [0.5, 0.6) is 0 Å². The first kappa shape index (κ1) is 27.1. The number of fused-ring (bicyclic) bond motifs is 7. The summed E-state index contributed by atoms with van der Waals surface area (Å²) in [6.45, 7) is 7.10. The third kappa shape index (κ3) is 3.98. The maximum Gasteiger partial charge on any atom is 0.405 e. The number of carbonyl (C=O) groups is 3. The Balaban J connectivity index is 1.57. The van der Waals surface area contributed by atoms with E-state index >= 15 is 0 Å². The van der Waals surface area contributed by atoms with Crippen molar-refractivity contribution in [2.75, 3.05) is 6.54 Å². The number of rotatable bonds is 2. The Hall–Kier alpha value is -2.43. The Kier molecular flexibility index (Phi) is 6.10. The number of ketones is 2. The molecule has 3 saturated carbocycles. The molecule has 1 amide bonds. The Morgan fingerprint density at radius 1 is 1.08 bits per heavy atom. The number of nitriles is 1. The quantitative estimate of drug-likeness (QED) is 0.485. The third-order valence-electron chi connectivity index (χ3n) is 11.2. The largest absolute Gasteiger partial charge is 0.405 e. The lowest BCUT2D eigenvalue weighted by Crippen LogP contribution is -2.62. The summed E-state index contributed by atoms with van der Waals surface area (Å²) in [4.78, 5) is 40.1. The molecule has 0 aromatic rings. The summed E-state index contributed by atoms with van der Waals surface area (Å²) in [5, 5.41) is 11.8. The predicted octanol–water partition coefficient (Wildman–Crippen LogP) is 5.86. The van der Waals surface area contributed by atoms with Crippen LogP contribution < -0.4 is 5.32 Å². The molecule has 0 heterocycles. The molecule has 1 N–H and O–H groups in total. The van der Waals surface area contributed by atoms with E-state index in [4.69, 9.17) is 0 Å². The molecule has 8 heteroatoms. The Labute approximate surface area is 222 Å². The van der Waals surface area contributed by atoms with Gasteiger partial charge in [-0.3, -0.25) is 14.4 Å². The number of alkyl halides is 3. The van der Waals surface area contributed by atoms with Crippen molar-refractivity contribution in [3.8, 4) is 6.07 Å². The molecule has 206 valence electrons. The van der Waals surface area contributed by atoms with E-state index in [2.05, 4.69) is 26.1 Å². The SMILES string of the molecule is CC1(C)CCC2(C(=O)NCC(F)(F)F)CCC3C(C(=O)C=C4C5(C)C=C(C#N)C(=O)CC5CCC43C)C2C1. The van der Waals surface area contributed by atoms with E-state index in [1.54, 1.807) is 12.2 Å². The predicted molar refractivity (Wildman–Crippen MR) is 134 cm³/mol. The minimum Gasteiger partial charge on any atom is -0.346 e. The van der Waals surface area contributed by atoms with Crippen LogP contribution in [-0.4, -0.2) is 30.2 Å². The third-order valence-corrected chi connectivity index (χ3v) is 11.2. The summed E-state index contributed by atoms with van der Waals surface area (Å²) in [5.74, 6) is -1.53. The molecule has 0 bridgehead atoms. The maximum absolute atomic E-state index is 14.1. The average molecular weight is 531 g/mol. The van der Waals surface area contributed by atoms with Gasteiger partial charge in [0.25, 0.3) is 0 Å². The Morgan fingerprint density at radius 3 is 2.45 bits per heavy atom. The van der Waals surface area contributed by atoms with Crippen molar-refractivity contribution < 1.29 is 27.6 Å². The molecule has 5 rings (SSSR count). The van der Waals surface area contributed by atoms with Gasteiger partial charge in [-0.1, -0.05) is 39.3 Å². The van der Waals surface area contributed by atoms with Crippen LogP contribution in [0.2, 0.25) is 0 Å². The van der Waals surface area contributed by atoms with E-state index in [9.17, 15) is 32.8 Å². The van der Waals surface area contributed by atoms with Crippen LogP contribution in [0.3, 0.4) is 0 Å². The molecule has 5 aliphatic rings. The number of nitrogens with one attached hydrogen (secondary N) is 1. The van der Waals surface area contributed by atoms with Crippen LogP contribution in [0, 0.1) is 56.7 Å². The molecule has 7 unspecified atom stereocenters. The lowest BCUT2D eigenvalue weighted by Gasteiger charge is -2.63. The molecule has 3 fully saturated rings. The summed E-state index contributed by atoms with van der Waals surface area (Å²) < 4.78 is 39.1. The number of hydrogen-bond donors (Lipinski definition) is 1. The number of amides is 1. The van der Waals surface area contributed by atoms with Crippen molar-refractivity contribution in [2.45, 2.75) is 85.2 Å². The first-order chi connectivity index (χ1) is 17.6. The highest BCUT2D eigenvalue weighted by Crippen LogP contribution is 2.69. The second kappa shape index (κ2) is 8.53. The molecule has 38 heavy (non-hydrogen) atoms. The van der Waals surface area contributed by atoms with Gasteiger partial charge < -0.3 is 5.32 Å². The van der Waals surface area contributed by atoms with Gasteiger partial charge in [0.15, 0.2) is 11.6 Å². The highest BCUT2D eigenvalue weighted by Gasteiger charge is 2.65. The molecule has 0 aromatic carbocycles. The lowest BCUT2D eigenvalue weighted by atomic mass is 9.40. The standard InChI is InChI=1S/C30H37F3N2O3/c1-26(2)9-10-29(25(38)35-16-30(31,32)33)8-6-19-24(20(29)14-26)22(37)12-23-27(19,3)7-5-18-11-21(36)17(15-34)13-28(18,23)4/h12-13,18-20,24H,5-11,14,16H2,1-4H3,(H,35,38). The highest BCUT2D eigenvalue weighted by atomic mass is 19.4. The van der Waals surface area contributed by atoms with E-state index in [1.165, 1.54) is 0 Å². The molecule has 5 aliphatic carbocycles. The molecular formula is C30H37F3N2O3. The van der Waals surface area contributed by atoms with E-state index in [0.29, 0.717) is 32.1 Å². The summed E-state index contributed by atoms with van der Waals surface area (Å²) in [5.41, 5.74) is -0.887. The van der Waals surface area contributed by atoms with Gasteiger partial charge in [0.05, 0.1) is 11.0 Å². The molecular weight excluding hydrogens is 493 g/mol. The van der Waals surface area contributed by atoms with Crippen LogP contribution in [0.25, 0.3) is 0 Å². The summed E-state index contributed by atoms with van der Waals surface area (Å²) in [6, 6.07) is 2.05. The summed E-state index contributed by atoms with van der Waals surface area (Å²) >= 11 is 0. The number of halogens is 3. The number of hydrogen-bond acceptors (Lipinski definition) is 4. The van der Waals surface area contributed by atoms with Crippen LogP contribution in [0.4, 0.5) is 13.2 Å². The summed E-state index contributed by atoms with van der Waals surface area (Å²) in [7, 11) is 0. The van der Waals surface area contributed by atoms with Crippen molar-refractivity contribution in [3.63, 3.8) is 0 Å². The smallest absolute Gasteiger partial charge is 0.346 e. The van der Waals surface area contributed by atoms with E-state index in [1.807, 2.05) is 13.0 Å². The van der Waals surface area contributed by atoms with E-state index in [0.717, 1.165) is 24.8 Å². The lowest BCUT2D eigenvalue weighted by molar-refractivity contribution is -0.166. The van der Waals surface area contributed by atoms with Gasteiger partial charge in [-0.15, -0.1) is 0 Å². The zero-order valence-electron chi connectivity index (χ0n) is 22.6. The average Bonchev–Trinajstić information content (AvgIpc) is 2.83. The van der Waals surface area contributed by atoms with Crippen LogP contribution in [0.1, 0.15) is 79.1 Å². The topological polar surface area (TPSA) is 87.0 Å². The van der Waals surface area contributed by atoms with Crippen molar-refractivity contribution in [2.24, 2.45) is 45.3 Å². The maximum atomic E-state index is 14.1. The molecule has 0 radical (unpaired) electrons. The highest BCUT2D eigenvalue weighted by molar-refractivity contribution is 6.01. The van der Waals surface area contributed by atoms with E-state index < -0.39 is 35.4 Å². The molecule has 0 aliphatic heterocycles. The monoisotopic (exact) mass is 530 g/mol. The first-order valence-electron chi connectivity index (χ1n) is 13.8. The van der Waals surface area contributed by atoms with Gasteiger partial charge in [0, 0.05) is 17.8 Å². The van der Waals surface area contributed by atoms with Gasteiger partial charge in [0.1, 0.15) is 12.6 Å². The van der Waals surface area contributed by atoms with Crippen molar-refractivity contribution in [1.29, 1.82) is 5.26 Å². The normalized spacial score (nSPS) is 41.8. The molecule has 7 atom stereocenters.